The number of aliphatic carboxylic acids is 1. The molecule has 0 radical (unpaired) electrons. The predicted octanol–water partition coefficient (Wildman–Crippen LogP) is 5.25. The predicted molar refractivity (Wildman–Crippen MR) is 113 cm³/mol. The van der Waals surface area contributed by atoms with Crippen molar-refractivity contribution in [1.82, 2.24) is 5.32 Å². The number of carbonyl (C=O) groups excluding carboxylic acids is 1. The highest BCUT2D eigenvalue weighted by Gasteiger charge is 2.47. The molecule has 2 saturated carbocycles. The van der Waals surface area contributed by atoms with Crippen LogP contribution in [0.5, 0.6) is 0 Å². The van der Waals surface area contributed by atoms with E-state index in [4.69, 9.17) is 5.11 Å². The Bertz CT molecular complexity index is 887. The molecule has 4 atom stereocenters. The van der Waals surface area contributed by atoms with Crippen LogP contribution in [0.25, 0.3) is 10.1 Å². The lowest BCUT2D eigenvalue weighted by Crippen LogP contribution is -2.43. The van der Waals surface area contributed by atoms with E-state index in [1.807, 2.05) is 23.6 Å². The van der Waals surface area contributed by atoms with E-state index >= 15 is 0 Å². The molecule has 28 heavy (non-hydrogen) atoms. The summed E-state index contributed by atoms with van der Waals surface area (Å²) in [6, 6.07) is 8.34. The number of carbonyl (C=O) groups is 2. The maximum Gasteiger partial charge on any atom is 0.303 e. The monoisotopic (exact) mass is 397 g/mol. The normalized spacial score (nSPS) is 26.3. The van der Waals surface area contributed by atoms with Gasteiger partial charge in [0.25, 0.3) is 5.91 Å². The standard InChI is InChI=1S/C23H27NO3S/c25-21(26)10-4-2-1-3-7-17-15-11-12-16(13-15)22(17)24-23(27)19-14-28-20-9-6-5-8-18(19)20/h1,3,5-6,8-9,14-17,22H,2,4,7,10-13H2,(H,24,27)(H,25,26)/b3-1+. The zero-order valence-corrected chi connectivity index (χ0v) is 16.8. The van der Waals surface area contributed by atoms with E-state index in [9.17, 15) is 9.59 Å². The highest BCUT2D eigenvalue weighted by Crippen LogP contribution is 2.50. The number of allylic oxidation sites excluding steroid dienone is 2. The van der Waals surface area contributed by atoms with Crippen molar-refractivity contribution in [3.05, 3.63) is 47.4 Å². The highest BCUT2D eigenvalue weighted by molar-refractivity contribution is 7.17. The van der Waals surface area contributed by atoms with Gasteiger partial charge in [0.15, 0.2) is 0 Å². The molecule has 148 valence electrons. The maximum absolute atomic E-state index is 13.0. The van der Waals surface area contributed by atoms with Gasteiger partial charge in [-0.2, -0.15) is 0 Å². The van der Waals surface area contributed by atoms with Gasteiger partial charge in [-0.3, -0.25) is 9.59 Å². The summed E-state index contributed by atoms with van der Waals surface area (Å²) >= 11 is 1.63. The number of carboxylic acid groups (broad SMARTS) is 1. The fourth-order valence-electron chi connectivity index (χ4n) is 5.10. The lowest BCUT2D eigenvalue weighted by atomic mass is 9.82. The van der Waals surface area contributed by atoms with Crippen LogP contribution in [0, 0.1) is 17.8 Å². The Morgan fingerprint density at radius 3 is 2.86 bits per heavy atom. The number of benzene rings is 1. The van der Waals surface area contributed by atoms with Crippen LogP contribution in [0.15, 0.2) is 41.8 Å². The van der Waals surface area contributed by atoms with Gasteiger partial charge in [-0.05, 0) is 62.3 Å². The van der Waals surface area contributed by atoms with E-state index in [0.29, 0.717) is 24.2 Å². The molecule has 5 heteroatoms. The summed E-state index contributed by atoms with van der Waals surface area (Å²) in [4.78, 5) is 23.6. The van der Waals surface area contributed by atoms with Gasteiger partial charge in [-0.15, -0.1) is 11.3 Å². The summed E-state index contributed by atoms with van der Waals surface area (Å²) in [6.45, 7) is 0. The van der Waals surface area contributed by atoms with E-state index < -0.39 is 5.97 Å². The molecule has 2 aliphatic rings. The number of thiophene rings is 1. The van der Waals surface area contributed by atoms with Gasteiger partial charge in [0.1, 0.15) is 0 Å². The molecule has 1 aromatic heterocycles. The van der Waals surface area contributed by atoms with Crippen molar-refractivity contribution in [2.24, 2.45) is 17.8 Å². The molecule has 2 aliphatic carbocycles. The Kier molecular flexibility index (Phi) is 5.81. The molecular formula is C23H27NO3S. The second-order valence-corrected chi connectivity index (χ2v) is 9.05. The number of amides is 1. The molecule has 2 bridgehead atoms. The third-order valence-electron chi connectivity index (χ3n) is 6.45. The fourth-order valence-corrected chi connectivity index (χ4v) is 6.04. The van der Waals surface area contributed by atoms with Crippen molar-refractivity contribution in [3.8, 4) is 0 Å². The van der Waals surface area contributed by atoms with Crippen LogP contribution in [-0.2, 0) is 4.79 Å². The van der Waals surface area contributed by atoms with Crippen LogP contribution in [0.4, 0.5) is 0 Å². The molecule has 4 unspecified atom stereocenters. The summed E-state index contributed by atoms with van der Waals surface area (Å²) in [5, 5.41) is 15.1. The third kappa shape index (κ3) is 4.00. The van der Waals surface area contributed by atoms with Crippen LogP contribution in [0.2, 0.25) is 0 Å². The molecule has 1 heterocycles. The zero-order valence-electron chi connectivity index (χ0n) is 16.0. The molecule has 4 nitrogen and oxygen atoms in total. The van der Waals surface area contributed by atoms with Gasteiger partial charge in [-0.1, -0.05) is 30.4 Å². The maximum atomic E-state index is 13.0. The van der Waals surface area contributed by atoms with Crippen LogP contribution < -0.4 is 5.32 Å². The molecule has 2 aromatic rings. The minimum Gasteiger partial charge on any atom is -0.481 e. The van der Waals surface area contributed by atoms with Gasteiger partial charge in [0.05, 0.1) is 5.56 Å². The number of rotatable bonds is 8. The Morgan fingerprint density at radius 1 is 1.18 bits per heavy atom. The van der Waals surface area contributed by atoms with Crippen molar-refractivity contribution in [1.29, 1.82) is 0 Å². The molecular weight excluding hydrogens is 370 g/mol. The number of nitrogens with one attached hydrogen (secondary N) is 1. The topological polar surface area (TPSA) is 66.4 Å². The minimum absolute atomic E-state index is 0.0606. The van der Waals surface area contributed by atoms with Crippen LogP contribution in [0.1, 0.15) is 55.3 Å². The summed E-state index contributed by atoms with van der Waals surface area (Å²) in [5.74, 6) is 1.14. The van der Waals surface area contributed by atoms with Crippen molar-refractivity contribution in [3.63, 3.8) is 0 Å². The number of unbranched alkanes of at least 4 members (excludes halogenated alkanes) is 1. The Balaban J connectivity index is 1.39. The smallest absolute Gasteiger partial charge is 0.303 e. The molecule has 2 N–H and O–H groups in total. The SMILES string of the molecule is O=C(O)CCC/C=C/CC1C2CCC(C2)C1NC(=O)c1csc2ccccc12. The number of fused-ring (bicyclic) bond motifs is 3. The Morgan fingerprint density at radius 2 is 2.00 bits per heavy atom. The number of hydrogen-bond acceptors (Lipinski definition) is 3. The minimum atomic E-state index is -0.731. The molecule has 1 aromatic carbocycles. The van der Waals surface area contributed by atoms with Gasteiger partial charge < -0.3 is 10.4 Å². The van der Waals surface area contributed by atoms with Crippen molar-refractivity contribution in [2.75, 3.05) is 0 Å². The molecule has 2 fully saturated rings. The molecule has 0 saturated heterocycles. The average Bonchev–Trinajstić information content (AvgIpc) is 3.39. The Labute approximate surface area is 169 Å². The molecule has 4 rings (SSSR count). The molecule has 0 aliphatic heterocycles. The number of carboxylic acids is 1. The molecule has 1 amide bonds. The second-order valence-electron chi connectivity index (χ2n) is 8.13. The van der Waals surface area contributed by atoms with Crippen molar-refractivity contribution in [2.45, 2.75) is 51.0 Å². The summed E-state index contributed by atoms with van der Waals surface area (Å²) in [5.41, 5.74) is 0.798. The van der Waals surface area contributed by atoms with E-state index in [-0.39, 0.29) is 18.4 Å². The van der Waals surface area contributed by atoms with Crippen LogP contribution in [-0.4, -0.2) is 23.0 Å². The summed E-state index contributed by atoms with van der Waals surface area (Å²) in [6.07, 6.45) is 10.7. The third-order valence-corrected chi connectivity index (χ3v) is 7.41. The van der Waals surface area contributed by atoms with Crippen molar-refractivity contribution < 1.29 is 14.7 Å². The average molecular weight is 398 g/mol. The fraction of sp³-hybridized carbons (Fsp3) is 0.478. The largest absolute Gasteiger partial charge is 0.481 e. The first-order chi connectivity index (χ1) is 13.6. The van der Waals surface area contributed by atoms with Gasteiger partial charge in [0.2, 0.25) is 0 Å². The first-order valence-electron chi connectivity index (χ1n) is 10.3. The summed E-state index contributed by atoms with van der Waals surface area (Å²) < 4.78 is 1.15. The van der Waals surface area contributed by atoms with Crippen LogP contribution in [0.3, 0.4) is 0 Å². The van der Waals surface area contributed by atoms with E-state index in [1.165, 1.54) is 19.3 Å². The summed E-state index contributed by atoms with van der Waals surface area (Å²) in [7, 11) is 0. The second kappa shape index (κ2) is 8.48. The van der Waals surface area contributed by atoms with E-state index in [0.717, 1.165) is 28.5 Å². The first-order valence-corrected chi connectivity index (χ1v) is 11.2. The lowest BCUT2D eigenvalue weighted by Gasteiger charge is -2.31. The van der Waals surface area contributed by atoms with Gasteiger partial charge in [-0.25, -0.2) is 0 Å². The quantitative estimate of drug-likeness (QED) is 0.472. The van der Waals surface area contributed by atoms with Gasteiger partial charge in [0, 0.05) is 27.9 Å². The van der Waals surface area contributed by atoms with Crippen LogP contribution >= 0.6 is 11.3 Å². The molecule has 0 spiro atoms. The van der Waals surface area contributed by atoms with E-state index in [1.54, 1.807) is 11.3 Å². The number of hydrogen-bond donors (Lipinski definition) is 2. The van der Waals surface area contributed by atoms with E-state index in [2.05, 4.69) is 23.5 Å². The first kappa shape index (κ1) is 19.2. The Hall–Kier alpha value is -2.14. The zero-order chi connectivity index (χ0) is 19.5. The highest BCUT2D eigenvalue weighted by atomic mass is 32.1. The lowest BCUT2D eigenvalue weighted by molar-refractivity contribution is -0.137. The van der Waals surface area contributed by atoms with Gasteiger partial charge >= 0.3 is 5.97 Å². The van der Waals surface area contributed by atoms with Crippen molar-refractivity contribution >= 4 is 33.3 Å².